The standard InChI is InChI=1S/C14H17F3N2O/c15-9-6-11(16)14(17)12(7-9)18-8-13(20)19-10-4-2-1-3-5-10/h6-7,10,18H,1-5,8H2,(H,19,20). The molecule has 20 heavy (non-hydrogen) atoms. The summed E-state index contributed by atoms with van der Waals surface area (Å²) in [6, 6.07) is 1.43. The maximum Gasteiger partial charge on any atom is 0.239 e. The Labute approximate surface area is 115 Å². The maximum atomic E-state index is 13.4. The van der Waals surface area contributed by atoms with E-state index in [1.165, 1.54) is 6.42 Å². The van der Waals surface area contributed by atoms with Crippen molar-refractivity contribution in [3.63, 3.8) is 0 Å². The van der Waals surface area contributed by atoms with E-state index >= 15 is 0 Å². The molecule has 6 heteroatoms. The van der Waals surface area contributed by atoms with Crippen LogP contribution < -0.4 is 10.6 Å². The van der Waals surface area contributed by atoms with Gasteiger partial charge in [0.05, 0.1) is 12.2 Å². The number of halogens is 3. The van der Waals surface area contributed by atoms with E-state index in [0.717, 1.165) is 31.7 Å². The molecule has 2 rings (SSSR count). The zero-order valence-corrected chi connectivity index (χ0v) is 11.0. The van der Waals surface area contributed by atoms with Gasteiger partial charge in [0.15, 0.2) is 11.6 Å². The molecule has 1 aliphatic rings. The molecule has 0 aromatic heterocycles. The van der Waals surface area contributed by atoms with Gasteiger partial charge in [0.1, 0.15) is 5.82 Å². The van der Waals surface area contributed by atoms with Crippen molar-refractivity contribution in [2.24, 2.45) is 0 Å². The SMILES string of the molecule is O=C(CNc1cc(F)cc(F)c1F)NC1CCCCC1. The number of nitrogens with one attached hydrogen (secondary N) is 2. The van der Waals surface area contributed by atoms with Gasteiger partial charge >= 0.3 is 0 Å². The van der Waals surface area contributed by atoms with Gasteiger partial charge in [0.25, 0.3) is 0 Å². The van der Waals surface area contributed by atoms with Crippen LogP contribution in [0.25, 0.3) is 0 Å². The lowest BCUT2D eigenvalue weighted by Crippen LogP contribution is -2.39. The first-order chi connectivity index (χ1) is 9.56. The van der Waals surface area contributed by atoms with Gasteiger partial charge in [0, 0.05) is 18.2 Å². The molecule has 2 N–H and O–H groups in total. The van der Waals surface area contributed by atoms with Gasteiger partial charge in [-0.3, -0.25) is 4.79 Å². The number of benzene rings is 1. The average Bonchev–Trinajstić information content (AvgIpc) is 2.42. The number of rotatable bonds is 4. The fourth-order valence-electron chi connectivity index (χ4n) is 2.39. The summed E-state index contributed by atoms with van der Waals surface area (Å²) in [6.07, 6.45) is 5.23. The summed E-state index contributed by atoms with van der Waals surface area (Å²) in [5.74, 6) is -3.66. The third-order valence-corrected chi connectivity index (χ3v) is 3.40. The van der Waals surface area contributed by atoms with E-state index in [2.05, 4.69) is 10.6 Å². The number of carbonyl (C=O) groups excluding carboxylic acids is 1. The molecule has 110 valence electrons. The highest BCUT2D eigenvalue weighted by molar-refractivity contribution is 5.81. The second-order valence-corrected chi connectivity index (χ2v) is 5.01. The van der Waals surface area contributed by atoms with Gasteiger partial charge in [-0.2, -0.15) is 0 Å². The van der Waals surface area contributed by atoms with Crippen LogP contribution in [0.5, 0.6) is 0 Å². The summed E-state index contributed by atoms with van der Waals surface area (Å²) < 4.78 is 39.3. The molecule has 0 atom stereocenters. The van der Waals surface area contributed by atoms with Crippen LogP contribution in [0.15, 0.2) is 12.1 Å². The minimum atomic E-state index is -1.28. The first kappa shape index (κ1) is 14.7. The van der Waals surface area contributed by atoms with E-state index in [9.17, 15) is 18.0 Å². The van der Waals surface area contributed by atoms with Crippen LogP contribution in [0.3, 0.4) is 0 Å². The van der Waals surface area contributed by atoms with E-state index in [0.29, 0.717) is 6.07 Å². The topological polar surface area (TPSA) is 41.1 Å². The smallest absolute Gasteiger partial charge is 0.239 e. The molecule has 0 aliphatic heterocycles. The van der Waals surface area contributed by atoms with E-state index in [4.69, 9.17) is 0 Å². The van der Waals surface area contributed by atoms with Crippen molar-refractivity contribution in [3.05, 3.63) is 29.6 Å². The van der Waals surface area contributed by atoms with Crippen molar-refractivity contribution in [3.8, 4) is 0 Å². The normalized spacial score (nSPS) is 15.9. The molecule has 1 fully saturated rings. The molecular weight excluding hydrogens is 269 g/mol. The van der Waals surface area contributed by atoms with Crippen molar-refractivity contribution in [1.29, 1.82) is 0 Å². The Bertz CT molecular complexity index is 488. The fraction of sp³-hybridized carbons (Fsp3) is 0.500. The first-order valence-corrected chi connectivity index (χ1v) is 6.74. The number of anilines is 1. The number of hydrogen-bond acceptors (Lipinski definition) is 2. The lowest BCUT2D eigenvalue weighted by Gasteiger charge is -2.22. The Morgan fingerprint density at radius 2 is 1.85 bits per heavy atom. The highest BCUT2D eigenvalue weighted by atomic mass is 19.2. The predicted molar refractivity (Wildman–Crippen MR) is 69.8 cm³/mol. The third-order valence-electron chi connectivity index (χ3n) is 3.40. The van der Waals surface area contributed by atoms with Gasteiger partial charge < -0.3 is 10.6 Å². The van der Waals surface area contributed by atoms with Crippen LogP contribution >= 0.6 is 0 Å². The van der Waals surface area contributed by atoms with Crippen LogP contribution in [0.2, 0.25) is 0 Å². The maximum absolute atomic E-state index is 13.4. The lowest BCUT2D eigenvalue weighted by atomic mass is 9.95. The van der Waals surface area contributed by atoms with Crippen LogP contribution in [0.1, 0.15) is 32.1 Å². The molecular formula is C14H17F3N2O. The molecule has 1 aliphatic carbocycles. The third kappa shape index (κ3) is 3.88. The Kier molecular flexibility index (Phi) is 4.87. The minimum Gasteiger partial charge on any atom is -0.374 e. The van der Waals surface area contributed by atoms with Gasteiger partial charge in [0.2, 0.25) is 5.91 Å². The van der Waals surface area contributed by atoms with Crippen LogP contribution in [-0.4, -0.2) is 18.5 Å². The Morgan fingerprint density at radius 3 is 2.55 bits per heavy atom. The summed E-state index contributed by atoms with van der Waals surface area (Å²) in [6.45, 7) is -0.212. The minimum absolute atomic E-state index is 0.146. The van der Waals surface area contributed by atoms with Crippen LogP contribution in [0.4, 0.5) is 18.9 Å². The number of amides is 1. The van der Waals surface area contributed by atoms with Gasteiger partial charge in [-0.15, -0.1) is 0 Å². The molecule has 1 aromatic rings. The molecule has 1 amide bonds. The van der Waals surface area contributed by atoms with E-state index < -0.39 is 17.5 Å². The molecule has 1 aromatic carbocycles. The highest BCUT2D eigenvalue weighted by Crippen LogP contribution is 2.19. The quantitative estimate of drug-likeness (QED) is 0.836. The van der Waals surface area contributed by atoms with Crippen LogP contribution in [-0.2, 0) is 4.79 Å². The molecule has 0 bridgehead atoms. The summed E-state index contributed by atoms with van der Waals surface area (Å²) >= 11 is 0. The molecule has 0 heterocycles. The molecule has 0 spiro atoms. The van der Waals surface area contributed by atoms with Crippen molar-refractivity contribution in [1.82, 2.24) is 5.32 Å². The summed E-state index contributed by atoms with van der Waals surface area (Å²) in [7, 11) is 0. The number of hydrogen-bond donors (Lipinski definition) is 2. The zero-order chi connectivity index (χ0) is 14.5. The van der Waals surface area contributed by atoms with Gasteiger partial charge in [-0.05, 0) is 12.8 Å². The monoisotopic (exact) mass is 286 g/mol. The average molecular weight is 286 g/mol. The van der Waals surface area contributed by atoms with Crippen LogP contribution in [0, 0.1) is 17.5 Å². The van der Waals surface area contributed by atoms with E-state index in [-0.39, 0.29) is 24.2 Å². The molecule has 3 nitrogen and oxygen atoms in total. The number of carbonyl (C=O) groups is 1. The van der Waals surface area contributed by atoms with Crippen molar-refractivity contribution >= 4 is 11.6 Å². The zero-order valence-electron chi connectivity index (χ0n) is 11.0. The summed E-state index contributed by atoms with van der Waals surface area (Å²) in [5, 5.41) is 5.24. The predicted octanol–water partition coefficient (Wildman–Crippen LogP) is 2.96. The van der Waals surface area contributed by atoms with E-state index in [1.807, 2.05) is 0 Å². The lowest BCUT2D eigenvalue weighted by molar-refractivity contribution is -0.120. The fourth-order valence-corrected chi connectivity index (χ4v) is 2.39. The summed E-state index contributed by atoms with van der Waals surface area (Å²) in [4.78, 5) is 11.7. The second kappa shape index (κ2) is 6.63. The molecule has 0 saturated heterocycles. The first-order valence-electron chi connectivity index (χ1n) is 6.74. The van der Waals surface area contributed by atoms with Crippen molar-refractivity contribution < 1.29 is 18.0 Å². The second-order valence-electron chi connectivity index (χ2n) is 5.01. The van der Waals surface area contributed by atoms with E-state index in [1.54, 1.807) is 0 Å². The molecule has 0 unspecified atom stereocenters. The highest BCUT2D eigenvalue weighted by Gasteiger charge is 2.16. The largest absolute Gasteiger partial charge is 0.374 e. The molecule has 0 radical (unpaired) electrons. The summed E-state index contributed by atoms with van der Waals surface area (Å²) in [5.41, 5.74) is -0.346. The van der Waals surface area contributed by atoms with Gasteiger partial charge in [-0.1, -0.05) is 19.3 Å². The molecule has 1 saturated carbocycles. The van der Waals surface area contributed by atoms with Gasteiger partial charge in [-0.25, -0.2) is 13.2 Å². The Balaban J connectivity index is 1.86. The van der Waals surface area contributed by atoms with Crippen molar-refractivity contribution in [2.45, 2.75) is 38.1 Å². The Hall–Kier alpha value is -1.72. The van der Waals surface area contributed by atoms with Crippen molar-refractivity contribution in [2.75, 3.05) is 11.9 Å². The Morgan fingerprint density at radius 1 is 1.15 bits per heavy atom.